The van der Waals surface area contributed by atoms with Gasteiger partial charge in [0.2, 0.25) is 0 Å². The molecule has 0 N–H and O–H groups in total. The Kier molecular flexibility index (Phi) is 4.83. The van der Waals surface area contributed by atoms with E-state index in [4.69, 9.17) is 0 Å². The Morgan fingerprint density at radius 3 is 2.46 bits per heavy atom. The Morgan fingerprint density at radius 2 is 2.08 bits per heavy atom. The van der Waals surface area contributed by atoms with Crippen LogP contribution in [0.4, 0.5) is 0 Å². The maximum atomic E-state index is 10.8. The molecule has 0 bridgehead atoms. The first-order chi connectivity index (χ1) is 5.63. The molecule has 0 spiro atoms. The van der Waals surface area contributed by atoms with Gasteiger partial charge < -0.3 is 9.90 Å². The molecule has 0 aliphatic rings. The van der Waals surface area contributed by atoms with Gasteiger partial charge in [-0.3, -0.25) is 9.78 Å². The van der Waals surface area contributed by atoms with Crippen LogP contribution in [0, 0.1) is 0 Å². The van der Waals surface area contributed by atoms with Crippen molar-refractivity contribution in [2.24, 2.45) is 0 Å². The summed E-state index contributed by atoms with van der Waals surface area (Å²) in [6, 6.07) is 2.73. The quantitative estimate of drug-likeness (QED) is 0.358. The fourth-order valence-corrected chi connectivity index (χ4v) is 0.851. The number of pyridine rings is 1. The predicted octanol–water partition coefficient (Wildman–Crippen LogP) is -3.35. The zero-order chi connectivity index (χ0) is 9.14. The number of nitrogens with zero attached hydrogens (tertiary/aromatic N) is 1. The first-order valence-corrected chi connectivity index (χ1v) is 3.30. The van der Waals surface area contributed by atoms with E-state index in [1.165, 1.54) is 25.3 Å². The molecule has 13 heavy (non-hydrogen) atoms. The number of rotatable bonds is 2. The summed E-state index contributed by atoms with van der Waals surface area (Å²) in [6.07, 6.45) is 1.36. The largest absolute Gasteiger partial charge is 1.00 e. The third kappa shape index (κ3) is 2.91. The summed E-state index contributed by atoms with van der Waals surface area (Å²) in [4.78, 5) is 24.9. The topological polar surface area (TPSA) is 70.1 Å². The molecule has 0 unspecified atom stereocenters. The van der Waals surface area contributed by atoms with E-state index in [0.717, 1.165) is 0 Å². The number of carbonyl (C=O) groups is 2. The number of aromatic nitrogens is 1. The van der Waals surface area contributed by atoms with Crippen molar-refractivity contribution < 1.29 is 44.3 Å². The van der Waals surface area contributed by atoms with Crippen molar-refractivity contribution in [3.05, 3.63) is 29.6 Å². The fourth-order valence-electron chi connectivity index (χ4n) is 0.851. The van der Waals surface area contributed by atoms with E-state index in [1.807, 2.05) is 0 Å². The molecule has 1 aromatic rings. The molecule has 1 heterocycles. The van der Waals surface area contributed by atoms with Crippen molar-refractivity contribution in [2.75, 3.05) is 0 Å². The van der Waals surface area contributed by atoms with Crippen molar-refractivity contribution in [3.63, 3.8) is 0 Å². The van der Waals surface area contributed by atoms with Crippen LogP contribution in [-0.4, -0.2) is 16.7 Å². The molecular weight excluding hydrogens is 181 g/mol. The van der Waals surface area contributed by atoms with Gasteiger partial charge in [-0.05, 0) is 12.1 Å². The van der Waals surface area contributed by atoms with Crippen LogP contribution in [0.1, 0.15) is 27.8 Å². The Hall–Kier alpha value is -0.710. The molecule has 0 saturated carbocycles. The van der Waals surface area contributed by atoms with Crippen LogP contribution in [0.3, 0.4) is 0 Å². The third-order valence-corrected chi connectivity index (χ3v) is 1.36. The fraction of sp³-hybridized carbons (Fsp3) is 0.125. The van der Waals surface area contributed by atoms with E-state index >= 15 is 0 Å². The number of carboxylic acids is 1. The first kappa shape index (κ1) is 12.3. The molecule has 0 amide bonds. The number of carbonyl (C=O) groups excluding carboxylic acids is 2. The molecule has 0 saturated heterocycles. The van der Waals surface area contributed by atoms with Crippen molar-refractivity contribution >= 4 is 11.8 Å². The summed E-state index contributed by atoms with van der Waals surface area (Å²) in [5.41, 5.74) is -0.220. The SMILES string of the molecule is CC(=O)c1ncccc1C(=O)[O-].[Na+]. The van der Waals surface area contributed by atoms with Crippen LogP contribution < -0.4 is 34.7 Å². The molecule has 0 radical (unpaired) electrons. The Labute approximate surface area is 97.3 Å². The Bertz CT molecular complexity index is 305. The number of ketones is 1. The van der Waals surface area contributed by atoms with Gasteiger partial charge in [0.1, 0.15) is 5.69 Å². The van der Waals surface area contributed by atoms with Gasteiger partial charge in [0.15, 0.2) is 5.78 Å². The van der Waals surface area contributed by atoms with Gasteiger partial charge in [-0.25, -0.2) is 0 Å². The minimum atomic E-state index is -1.38. The molecule has 0 atom stereocenters. The number of hydrogen-bond acceptors (Lipinski definition) is 4. The summed E-state index contributed by atoms with van der Waals surface area (Å²) in [5.74, 6) is -1.76. The van der Waals surface area contributed by atoms with Gasteiger partial charge in [-0.2, -0.15) is 0 Å². The number of hydrogen-bond donors (Lipinski definition) is 0. The number of Topliss-reactive ketones (excluding diaryl/α,β-unsaturated/α-hetero) is 1. The average Bonchev–Trinajstić information content (AvgIpc) is 2.04. The van der Waals surface area contributed by atoms with E-state index in [1.54, 1.807) is 0 Å². The summed E-state index contributed by atoms with van der Waals surface area (Å²) >= 11 is 0. The second-order valence-corrected chi connectivity index (χ2v) is 2.24. The molecule has 0 aromatic carbocycles. The summed E-state index contributed by atoms with van der Waals surface area (Å²) in [6.45, 7) is 1.26. The smallest absolute Gasteiger partial charge is 0.545 e. The molecule has 0 fully saturated rings. The Morgan fingerprint density at radius 1 is 1.46 bits per heavy atom. The van der Waals surface area contributed by atoms with Crippen molar-refractivity contribution in [1.82, 2.24) is 4.98 Å². The summed E-state index contributed by atoms with van der Waals surface area (Å²) in [5, 5.41) is 10.4. The second kappa shape index (κ2) is 5.11. The maximum Gasteiger partial charge on any atom is 1.00 e. The van der Waals surface area contributed by atoms with E-state index in [-0.39, 0.29) is 46.6 Å². The van der Waals surface area contributed by atoms with E-state index in [2.05, 4.69) is 4.98 Å². The maximum absolute atomic E-state index is 10.8. The van der Waals surface area contributed by atoms with Gasteiger partial charge in [-0.1, -0.05) is 0 Å². The monoisotopic (exact) mass is 187 g/mol. The van der Waals surface area contributed by atoms with Gasteiger partial charge in [-0.15, -0.1) is 0 Å². The second-order valence-electron chi connectivity index (χ2n) is 2.24. The normalized spacial score (nSPS) is 8.69. The van der Waals surface area contributed by atoms with Gasteiger partial charge >= 0.3 is 29.6 Å². The van der Waals surface area contributed by atoms with Crippen LogP contribution in [0.25, 0.3) is 0 Å². The van der Waals surface area contributed by atoms with E-state index in [9.17, 15) is 14.7 Å². The van der Waals surface area contributed by atoms with Crippen LogP contribution in [0.2, 0.25) is 0 Å². The van der Waals surface area contributed by atoms with Crippen molar-refractivity contribution in [2.45, 2.75) is 6.92 Å². The number of aromatic carboxylic acids is 1. The first-order valence-electron chi connectivity index (χ1n) is 3.30. The predicted molar refractivity (Wildman–Crippen MR) is 38.6 cm³/mol. The van der Waals surface area contributed by atoms with Gasteiger partial charge in [0.25, 0.3) is 0 Å². The molecule has 4 nitrogen and oxygen atoms in total. The Balaban J connectivity index is 0.00000144. The molecular formula is C8H6NNaO3. The average molecular weight is 187 g/mol. The van der Waals surface area contributed by atoms with Gasteiger partial charge in [0, 0.05) is 18.7 Å². The molecule has 1 aromatic heterocycles. The van der Waals surface area contributed by atoms with Crippen LogP contribution in [0.15, 0.2) is 18.3 Å². The molecule has 0 aliphatic carbocycles. The third-order valence-electron chi connectivity index (χ3n) is 1.36. The zero-order valence-electron chi connectivity index (χ0n) is 7.40. The number of carboxylic acid groups (broad SMARTS) is 1. The molecule has 5 heteroatoms. The van der Waals surface area contributed by atoms with E-state index < -0.39 is 5.97 Å². The molecule has 0 aliphatic heterocycles. The summed E-state index contributed by atoms with van der Waals surface area (Å²) in [7, 11) is 0. The standard InChI is InChI=1S/C8H7NO3.Na/c1-5(10)7-6(8(11)12)3-2-4-9-7;/h2-4H,1H3,(H,11,12);/q;+1/p-1. The van der Waals surface area contributed by atoms with Crippen LogP contribution in [-0.2, 0) is 0 Å². The molecule has 62 valence electrons. The molecule has 1 rings (SSSR count). The van der Waals surface area contributed by atoms with Crippen molar-refractivity contribution in [3.8, 4) is 0 Å². The summed E-state index contributed by atoms with van der Waals surface area (Å²) < 4.78 is 0. The van der Waals surface area contributed by atoms with E-state index in [0.29, 0.717) is 0 Å². The minimum absolute atomic E-state index is 0. The van der Waals surface area contributed by atoms with Crippen LogP contribution >= 0.6 is 0 Å². The van der Waals surface area contributed by atoms with Crippen molar-refractivity contribution in [1.29, 1.82) is 0 Å². The van der Waals surface area contributed by atoms with Crippen LogP contribution in [0.5, 0.6) is 0 Å². The van der Waals surface area contributed by atoms with Gasteiger partial charge in [0.05, 0.1) is 5.97 Å². The zero-order valence-corrected chi connectivity index (χ0v) is 9.40. The minimum Gasteiger partial charge on any atom is -0.545 e.